The molecule has 9 heteroatoms. The summed E-state index contributed by atoms with van der Waals surface area (Å²) in [5.41, 5.74) is 3.47. The maximum atomic E-state index is 12.3. The smallest absolute Gasteiger partial charge is 0.409 e. The van der Waals surface area contributed by atoms with E-state index in [4.69, 9.17) is 23.7 Å². The van der Waals surface area contributed by atoms with Gasteiger partial charge in [-0.25, -0.2) is 4.79 Å². The molecular formula is C33H49N3O6. The summed E-state index contributed by atoms with van der Waals surface area (Å²) < 4.78 is 29.1. The fraction of sp³-hybridized carbons (Fsp3) is 0.606. The quantitative estimate of drug-likeness (QED) is 0.327. The van der Waals surface area contributed by atoms with Gasteiger partial charge in [0.05, 0.1) is 32.1 Å². The number of nitrogens with zero attached hydrogens (tertiary/aromatic N) is 2. The third kappa shape index (κ3) is 8.52. The van der Waals surface area contributed by atoms with Crippen molar-refractivity contribution in [2.24, 2.45) is 5.92 Å². The van der Waals surface area contributed by atoms with Gasteiger partial charge < -0.3 is 38.8 Å². The number of fused-ring (bicyclic) bond motifs is 1. The number of methoxy groups -OCH3 is 2. The fourth-order valence-corrected chi connectivity index (χ4v) is 5.74. The first-order valence-corrected chi connectivity index (χ1v) is 15.2. The summed E-state index contributed by atoms with van der Waals surface area (Å²) in [4.78, 5) is 16.2. The Morgan fingerprint density at radius 3 is 2.62 bits per heavy atom. The Balaban J connectivity index is 1.46. The molecule has 0 bridgehead atoms. The van der Waals surface area contributed by atoms with Crippen molar-refractivity contribution < 1.29 is 28.5 Å². The Morgan fingerprint density at radius 1 is 1.14 bits per heavy atom. The van der Waals surface area contributed by atoms with Gasteiger partial charge in [0, 0.05) is 59.3 Å². The molecule has 0 saturated carbocycles. The van der Waals surface area contributed by atoms with E-state index >= 15 is 0 Å². The monoisotopic (exact) mass is 583 g/mol. The highest BCUT2D eigenvalue weighted by atomic mass is 16.6. The number of nitrogens with one attached hydrogen (secondary N) is 1. The lowest BCUT2D eigenvalue weighted by Gasteiger charge is -2.39. The van der Waals surface area contributed by atoms with Gasteiger partial charge in [0.1, 0.15) is 24.2 Å². The van der Waals surface area contributed by atoms with Gasteiger partial charge in [0.15, 0.2) is 0 Å². The number of carbonyl (C=O) groups is 1. The first-order chi connectivity index (χ1) is 20.3. The number of rotatable bonds is 13. The van der Waals surface area contributed by atoms with Gasteiger partial charge in [-0.3, -0.25) is 0 Å². The van der Waals surface area contributed by atoms with Crippen LogP contribution in [0.5, 0.6) is 11.5 Å². The summed E-state index contributed by atoms with van der Waals surface area (Å²) in [6, 6.07) is 14.9. The van der Waals surface area contributed by atoms with Crippen LogP contribution in [0.2, 0.25) is 0 Å². The SMILES string of the molecule is COCCCN1CCOc2ccc(CO[C@H]3CN[C@@H](C[C@@H](OC(=O)N(C)C)C(C)C)C[C@@H]3c3ccc(OC)cc3)cc21. The molecule has 1 amide bonds. The van der Waals surface area contributed by atoms with Crippen LogP contribution >= 0.6 is 0 Å². The molecule has 0 spiro atoms. The van der Waals surface area contributed by atoms with Crippen LogP contribution in [0.1, 0.15) is 50.2 Å². The van der Waals surface area contributed by atoms with Crippen molar-refractivity contribution in [1.82, 2.24) is 10.2 Å². The van der Waals surface area contributed by atoms with Crippen LogP contribution in [0.15, 0.2) is 42.5 Å². The number of carbonyl (C=O) groups excluding carboxylic acids is 1. The highest BCUT2D eigenvalue weighted by molar-refractivity contribution is 5.67. The fourth-order valence-electron chi connectivity index (χ4n) is 5.74. The zero-order valence-corrected chi connectivity index (χ0v) is 26.1. The average molecular weight is 584 g/mol. The normalized spacial score (nSPS) is 20.9. The molecule has 4 rings (SSSR count). The second-order valence-electron chi connectivity index (χ2n) is 11.9. The number of benzene rings is 2. The molecule has 0 radical (unpaired) electrons. The molecule has 2 aliphatic rings. The molecule has 9 nitrogen and oxygen atoms in total. The van der Waals surface area contributed by atoms with Gasteiger partial charge in [-0.05, 0) is 54.2 Å². The molecule has 2 aliphatic heterocycles. The Bertz CT molecular complexity index is 1130. The zero-order valence-electron chi connectivity index (χ0n) is 26.1. The van der Waals surface area contributed by atoms with Crippen molar-refractivity contribution in [1.29, 1.82) is 0 Å². The summed E-state index contributed by atoms with van der Waals surface area (Å²) in [5.74, 6) is 2.16. The molecule has 0 unspecified atom stereocenters. The first kappa shape index (κ1) is 31.9. The summed E-state index contributed by atoms with van der Waals surface area (Å²) in [6.45, 7) is 8.67. The van der Waals surface area contributed by atoms with Crippen molar-refractivity contribution in [3.05, 3.63) is 53.6 Å². The van der Waals surface area contributed by atoms with Crippen LogP contribution < -0.4 is 19.7 Å². The number of hydrogen-bond donors (Lipinski definition) is 1. The molecule has 0 aromatic heterocycles. The Hall–Kier alpha value is -3.01. The van der Waals surface area contributed by atoms with Crippen LogP contribution in [0.3, 0.4) is 0 Å². The molecule has 1 N–H and O–H groups in total. The summed E-state index contributed by atoms with van der Waals surface area (Å²) in [5, 5.41) is 3.71. The van der Waals surface area contributed by atoms with E-state index in [2.05, 4.69) is 54.4 Å². The zero-order chi connectivity index (χ0) is 30.1. The maximum absolute atomic E-state index is 12.3. The van der Waals surface area contributed by atoms with Gasteiger partial charge in [-0.2, -0.15) is 0 Å². The molecule has 2 aromatic carbocycles. The van der Waals surface area contributed by atoms with Crippen LogP contribution in [0.25, 0.3) is 0 Å². The number of anilines is 1. The average Bonchev–Trinajstić information content (AvgIpc) is 3.00. The second-order valence-corrected chi connectivity index (χ2v) is 11.9. The minimum Gasteiger partial charge on any atom is -0.497 e. The maximum Gasteiger partial charge on any atom is 0.409 e. The van der Waals surface area contributed by atoms with Crippen LogP contribution in [-0.2, 0) is 20.8 Å². The van der Waals surface area contributed by atoms with Crippen molar-refractivity contribution in [2.75, 3.05) is 66.1 Å². The van der Waals surface area contributed by atoms with E-state index in [-0.39, 0.29) is 36.2 Å². The lowest BCUT2D eigenvalue weighted by atomic mass is 9.81. The van der Waals surface area contributed by atoms with E-state index < -0.39 is 0 Å². The molecule has 1 saturated heterocycles. The van der Waals surface area contributed by atoms with Crippen molar-refractivity contribution in [3.63, 3.8) is 0 Å². The number of hydrogen-bond acceptors (Lipinski definition) is 8. The topological polar surface area (TPSA) is 81.7 Å². The van der Waals surface area contributed by atoms with Crippen molar-refractivity contribution in [2.45, 2.75) is 63.9 Å². The van der Waals surface area contributed by atoms with E-state index in [0.717, 1.165) is 61.7 Å². The lowest BCUT2D eigenvalue weighted by Crippen LogP contribution is -2.49. The van der Waals surface area contributed by atoms with Gasteiger partial charge in [-0.15, -0.1) is 0 Å². The van der Waals surface area contributed by atoms with E-state index in [0.29, 0.717) is 19.8 Å². The molecule has 42 heavy (non-hydrogen) atoms. The molecular weight excluding hydrogens is 534 g/mol. The van der Waals surface area contributed by atoms with Crippen LogP contribution in [0.4, 0.5) is 10.5 Å². The highest BCUT2D eigenvalue weighted by Gasteiger charge is 2.35. The summed E-state index contributed by atoms with van der Waals surface area (Å²) in [7, 11) is 6.86. The van der Waals surface area contributed by atoms with E-state index in [1.54, 1.807) is 28.3 Å². The molecule has 1 fully saturated rings. The second kappa shape index (κ2) is 15.5. The summed E-state index contributed by atoms with van der Waals surface area (Å²) >= 11 is 0. The minimum absolute atomic E-state index is 0.0124. The van der Waals surface area contributed by atoms with E-state index in [1.165, 1.54) is 10.5 Å². The Morgan fingerprint density at radius 2 is 1.93 bits per heavy atom. The van der Waals surface area contributed by atoms with E-state index in [1.807, 2.05) is 12.1 Å². The summed E-state index contributed by atoms with van der Waals surface area (Å²) in [6.07, 6.45) is 2.12. The standard InChI is InChI=1S/C33H49N3O6/c1-23(2)31(42-33(37)35(3)4)20-26-19-28(25-9-11-27(39-6)12-10-25)32(21-34-26)41-22-24-8-13-30-29(18-24)36(15-17-40-30)14-7-16-38-5/h8-13,18,23,26,28,31-32,34H,7,14-17,19-22H2,1-6H3/t26-,28-,31-,32+/m1/s1. The van der Waals surface area contributed by atoms with Crippen LogP contribution in [-0.4, -0.2) is 90.4 Å². The number of ether oxygens (including phenoxy) is 5. The van der Waals surface area contributed by atoms with E-state index in [9.17, 15) is 4.79 Å². The predicted octanol–water partition coefficient (Wildman–Crippen LogP) is 5.07. The predicted molar refractivity (Wildman–Crippen MR) is 165 cm³/mol. The first-order valence-electron chi connectivity index (χ1n) is 15.2. The number of piperidine rings is 1. The molecule has 4 atom stereocenters. The third-order valence-corrected chi connectivity index (χ3v) is 8.24. The highest BCUT2D eigenvalue weighted by Crippen LogP contribution is 2.36. The third-order valence-electron chi connectivity index (χ3n) is 8.24. The van der Waals surface area contributed by atoms with Gasteiger partial charge in [-0.1, -0.05) is 32.0 Å². The minimum atomic E-state index is -0.301. The van der Waals surface area contributed by atoms with Gasteiger partial charge in [0.25, 0.3) is 0 Å². The largest absolute Gasteiger partial charge is 0.497 e. The lowest BCUT2D eigenvalue weighted by molar-refractivity contribution is -0.00709. The molecule has 2 aromatic rings. The number of amides is 1. The molecule has 2 heterocycles. The van der Waals surface area contributed by atoms with Gasteiger partial charge in [0.2, 0.25) is 0 Å². The van der Waals surface area contributed by atoms with Crippen LogP contribution in [0, 0.1) is 5.92 Å². The molecule has 0 aliphatic carbocycles. The van der Waals surface area contributed by atoms with Gasteiger partial charge >= 0.3 is 6.09 Å². The van der Waals surface area contributed by atoms with Crippen molar-refractivity contribution >= 4 is 11.8 Å². The Labute approximate surface area is 251 Å². The Kier molecular flexibility index (Phi) is 11.7. The molecule has 232 valence electrons. The van der Waals surface area contributed by atoms with Crippen molar-refractivity contribution in [3.8, 4) is 11.5 Å².